The van der Waals surface area contributed by atoms with Crippen molar-refractivity contribution in [2.24, 2.45) is 5.92 Å². The summed E-state index contributed by atoms with van der Waals surface area (Å²) in [6.07, 6.45) is 5.49. The Bertz CT molecular complexity index is 710. The number of H-pyrrole nitrogens is 1. The third-order valence-corrected chi connectivity index (χ3v) is 5.13. The summed E-state index contributed by atoms with van der Waals surface area (Å²) in [5.41, 5.74) is 6.91. The summed E-state index contributed by atoms with van der Waals surface area (Å²) < 4.78 is 0. The minimum atomic E-state index is -0.0659. The Morgan fingerprint density at radius 2 is 2.15 bits per heavy atom. The van der Waals surface area contributed by atoms with E-state index in [9.17, 15) is 4.79 Å². The molecule has 0 saturated carbocycles. The van der Waals surface area contributed by atoms with Crippen molar-refractivity contribution in [2.75, 3.05) is 6.54 Å². The number of rotatable bonds is 0. The van der Waals surface area contributed by atoms with Crippen molar-refractivity contribution >= 4 is 0 Å². The van der Waals surface area contributed by atoms with Gasteiger partial charge in [0.15, 0.2) is 0 Å². The van der Waals surface area contributed by atoms with Gasteiger partial charge >= 0.3 is 0 Å². The molecule has 0 amide bonds. The van der Waals surface area contributed by atoms with E-state index in [1.807, 2.05) is 6.07 Å². The monoisotopic (exact) mass is 268 g/mol. The molecule has 0 saturated heterocycles. The van der Waals surface area contributed by atoms with Crippen molar-refractivity contribution in [3.05, 3.63) is 56.5 Å². The highest BCUT2D eigenvalue weighted by Gasteiger charge is 2.48. The quantitative estimate of drug-likeness (QED) is 0.710. The molecular formula is C17H20N2O. The van der Waals surface area contributed by atoms with E-state index in [1.54, 1.807) is 11.6 Å². The van der Waals surface area contributed by atoms with E-state index in [1.165, 1.54) is 16.7 Å². The summed E-state index contributed by atoms with van der Waals surface area (Å²) in [6, 6.07) is 3.71. The molecular weight excluding hydrogens is 248 g/mol. The summed E-state index contributed by atoms with van der Waals surface area (Å²) in [7, 11) is 0. The van der Waals surface area contributed by atoms with Crippen molar-refractivity contribution in [3.8, 4) is 0 Å². The van der Waals surface area contributed by atoms with Gasteiger partial charge in [-0.05, 0) is 56.9 Å². The van der Waals surface area contributed by atoms with Crippen LogP contribution in [0.2, 0.25) is 0 Å². The van der Waals surface area contributed by atoms with Crippen molar-refractivity contribution in [1.82, 2.24) is 10.3 Å². The average molecular weight is 268 g/mol. The van der Waals surface area contributed by atoms with E-state index >= 15 is 0 Å². The second-order valence-corrected chi connectivity index (χ2v) is 6.49. The Morgan fingerprint density at radius 1 is 1.30 bits per heavy atom. The molecule has 0 radical (unpaired) electrons. The molecule has 3 aliphatic rings. The zero-order valence-electron chi connectivity index (χ0n) is 12.0. The van der Waals surface area contributed by atoms with Crippen LogP contribution in [-0.2, 0) is 12.0 Å². The second-order valence-electron chi connectivity index (χ2n) is 6.49. The highest BCUT2D eigenvalue weighted by atomic mass is 16.1. The number of pyridine rings is 1. The second kappa shape index (κ2) is 3.95. The highest BCUT2D eigenvalue weighted by Crippen LogP contribution is 2.52. The van der Waals surface area contributed by atoms with Gasteiger partial charge in [0.05, 0.1) is 5.54 Å². The Morgan fingerprint density at radius 3 is 3.00 bits per heavy atom. The molecule has 2 N–H and O–H groups in total. The third-order valence-electron chi connectivity index (χ3n) is 5.13. The molecule has 1 aromatic rings. The molecule has 0 aromatic carbocycles. The normalized spacial score (nSPS) is 31.5. The topological polar surface area (TPSA) is 44.9 Å². The number of hydrogen-bond donors (Lipinski definition) is 2. The van der Waals surface area contributed by atoms with Crippen molar-refractivity contribution in [3.63, 3.8) is 0 Å². The first kappa shape index (κ1) is 12.2. The largest absolute Gasteiger partial charge is 0.326 e. The zero-order valence-corrected chi connectivity index (χ0v) is 12.0. The predicted octanol–water partition coefficient (Wildman–Crippen LogP) is 2.40. The molecule has 0 spiro atoms. The number of aromatic nitrogens is 1. The Kier molecular flexibility index (Phi) is 2.40. The first-order valence-electron chi connectivity index (χ1n) is 7.45. The average Bonchev–Trinajstić information content (AvgIpc) is 2.37. The number of nitrogens with one attached hydrogen (secondary N) is 2. The SMILES string of the molecule is CC1=CC2Cc3[nH]c(=O)ccc3[C@@]3(C1)NCCC(C)=C23. The Balaban J connectivity index is 2.05. The van der Waals surface area contributed by atoms with Gasteiger partial charge in [-0.25, -0.2) is 0 Å². The molecule has 2 heterocycles. The van der Waals surface area contributed by atoms with Crippen LogP contribution in [0.15, 0.2) is 39.7 Å². The lowest BCUT2D eigenvalue weighted by atomic mass is 9.60. The van der Waals surface area contributed by atoms with Crippen LogP contribution in [0.3, 0.4) is 0 Å². The lowest BCUT2D eigenvalue weighted by molar-refractivity contribution is 0.303. The minimum absolute atomic E-state index is 0.0129. The van der Waals surface area contributed by atoms with Crippen LogP contribution in [-0.4, -0.2) is 11.5 Å². The van der Waals surface area contributed by atoms with E-state index in [-0.39, 0.29) is 11.1 Å². The summed E-state index contributed by atoms with van der Waals surface area (Å²) in [4.78, 5) is 14.7. The molecule has 3 heteroatoms. The molecule has 0 fully saturated rings. The molecule has 4 rings (SSSR count). The van der Waals surface area contributed by atoms with E-state index in [0.29, 0.717) is 5.92 Å². The van der Waals surface area contributed by atoms with Crippen LogP contribution >= 0.6 is 0 Å². The fourth-order valence-electron chi connectivity index (χ4n) is 4.55. The third kappa shape index (κ3) is 1.47. The summed E-state index contributed by atoms with van der Waals surface area (Å²) in [5.74, 6) is 0.446. The van der Waals surface area contributed by atoms with Crippen LogP contribution in [0.5, 0.6) is 0 Å². The van der Waals surface area contributed by atoms with Crippen molar-refractivity contribution in [2.45, 2.75) is 38.6 Å². The first-order chi connectivity index (χ1) is 9.60. The fraction of sp³-hybridized carbons (Fsp3) is 0.471. The van der Waals surface area contributed by atoms with Crippen LogP contribution < -0.4 is 10.9 Å². The van der Waals surface area contributed by atoms with Gasteiger partial charge in [0, 0.05) is 17.7 Å². The summed E-state index contributed by atoms with van der Waals surface area (Å²) in [6.45, 7) is 5.53. The Hall–Kier alpha value is -1.61. The molecule has 1 unspecified atom stereocenters. The van der Waals surface area contributed by atoms with Gasteiger partial charge in [0.25, 0.3) is 0 Å². The lowest BCUT2D eigenvalue weighted by Gasteiger charge is -2.51. The predicted molar refractivity (Wildman–Crippen MR) is 79.6 cm³/mol. The molecule has 2 bridgehead atoms. The molecule has 3 nitrogen and oxygen atoms in total. The maximum atomic E-state index is 11.6. The standard InChI is InChI=1S/C17H20N2O/c1-10-7-12-8-14-13(3-4-15(20)19-14)17(9-10)16(12)11(2)5-6-18-17/h3-4,7,12,18H,5-6,8-9H2,1-2H3,(H,19,20)/t12?,17-/m1/s1. The van der Waals surface area contributed by atoms with Crippen molar-refractivity contribution in [1.29, 1.82) is 0 Å². The van der Waals surface area contributed by atoms with E-state index in [0.717, 1.165) is 31.5 Å². The minimum Gasteiger partial charge on any atom is -0.326 e. The highest BCUT2D eigenvalue weighted by molar-refractivity contribution is 5.52. The molecule has 2 atom stereocenters. The van der Waals surface area contributed by atoms with Crippen LogP contribution in [0, 0.1) is 5.92 Å². The maximum absolute atomic E-state index is 11.6. The molecule has 1 aromatic heterocycles. The van der Waals surface area contributed by atoms with E-state index in [4.69, 9.17) is 0 Å². The summed E-state index contributed by atoms with van der Waals surface area (Å²) >= 11 is 0. The number of hydrogen-bond acceptors (Lipinski definition) is 2. The van der Waals surface area contributed by atoms with Crippen LogP contribution in [0.4, 0.5) is 0 Å². The van der Waals surface area contributed by atoms with E-state index in [2.05, 4.69) is 30.2 Å². The molecule has 2 aliphatic carbocycles. The van der Waals surface area contributed by atoms with Gasteiger partial charge < -0.3 is 10.3 Å². The fourth-order valence-corrected chi connectivity index (χ4v) is 4.55. The van der Waals surface area contributed by atoms with E-state index < -0.39 is 0 Å². The Labute approximate surface area is 118 Å². The zero-order chi connectivity index (χ0) is 13.9. The van der Waals surface area contributed by atoms with Gasteiger partial charge in [-0.2, -0.15) is 0 Å². The molecule has 20 heavy (non-hydrogen) atoms. The lowest BCUT2D eigenvalue weighted by Crippen LogP contribution is -2.54. The summed E-state index contributed by atoms with van der Waals surface area (Å²) in [5, 5.41) is 3.78. The van der Waals surface area contributed by atoms with Gasteiger partial charge in [0.2, 0.25) is 5.56 Å². The molecule has 104 valence electrons. The maximum Gasteiger partial charge on any atom is 0.248 e. The number of fused-ring (bicyclic) bond motifs is 1. The van der Waals surface area contributed by atoms with Crippen molar-refractivity contribution < 1.29 is 0 Å². The van der Waals surface area contributed by atoms with Gasteiger partial charge in [-0.3, -0.25) is 4.79 Å². The van der Waals surface area contributed by atoms with Crippen LogP contribution in [0.1, 0.15) is 37.9 Å². The first-order valence-corrected chi connectivity index (χ1v) is 7.45. The number of aromatic amines is 1. The van der Waals surface area contributed by atoms with Gasteiger partial charge in [-0.1, -0.05) is 17.2 Å². The van der Waals surface area contributed by atoms with Gasteiger partial charge in [0.1, 0.15) is 0 Å². The van der Waals surface area contributed by atoms with Crippen LogP contribution in [0.25, 0.3) is 0 Å². The number of allylic oxidation sites excluding steroid dienone is 1. The smallest absolute Gasteiger partial charge is 0.248 e. The molecule has 1 aliphatic heterocycles. The van der Waals surface area contributed by atoms with Gasteiger partial charge in [-0.15, -0.1) is 0 Å².